The number of hydrogen-bond acceptors (Lipinski definition) is 4. The van der Waals surface area contributed by atoms with Crippen LogP contribution < -0.4 is 5.43 Å². The number of hydrogen-bond donors (Lipinski definition) is 1. The molecule has 1 atom stereocenters. The van der Waals surface area contributed by atoms with E-state index in [-0.39, 0.29) is 6.23 Å². The van der Waals surface area contributed by atoms with Crippen LogP contribution in [-0.2, 0) is 4.74 Å². The van der Waals surface area contributed by atoms with Crippen LogP contribution in [-0.4, -0.2) is 10.9 Å². The summed E-state index contributed by atoms with van der Waals surface area (Å²) < 4.78 is 6.32. The molecule has 0 saturated carbocycles. The Morgan fingerprint density at radius 2 is 1.33 bits per heavy atom. The van der Waals surface area contributed by atoms with Gasteiger partial charge in [-0.25, -0.2) is 0 Å². The van der Waals surface area contributed by atoms with Crippen molar-refractivity contribution in [1.82, 2.24) is 10.4 Å². The van der Waals surface area contributed by atoms with Crippen molar-refractivity contribution in [2.45, 2.75) is 6.23 Å². The first kappa shape index (κ1) is 18.2. The number of rotatable bonds is 2. The lowest BCUT2D eigenvalue weighted by molar-refractivity contribution is 0.192. The molecular weight excluding hydrogens is 406 g/mol. The van der Waals surface area contributed by atoms with Crippen molar-refractivity contribution in [1.29, 1.82) is 0 Å². The minimum Gasteiger partial charge on any atom is -0.446 e. The summed E-state index contributed by atoms with van der Waals surface area (Å²) in [6, 6.07) is 33.5. The predicted octanol–water partition coefficient (Wildman–Crippen LogP) is 6.67. The normalized spacial score (nSPS) is 15.6. The van der Waals surface area contributed by atoms with Gasteiger partial charge in [0.25, 0.3) is 0 Å². The second-order valence-corrected chi connectivity index (χ2v) is 8.29. The van der Waals surface area contributed by atoms with E-state index >= 15 is 0 Å². The van der Waals surface area contributed by atoms with Crippen LogP contribution in [0.5, 0.6) is 0 Å². The third kappa shape index (κ3) is 2.71. The number of benzene rings is 5. The molecule has 1 N–H and O–H groups in total. The Morgan fingerprint density at radius 1 is 0.636 bits per heavy atom. The molecule has 4 nitrogen and oxygen atoms in total. The monoisotopic (exact) mass is 425 g/mol. The molecule has 2 heterocycles. The fourth-order valence-electron chi connectivity index (χ4n) is 4.98. The highest BCUT2D eigenvalue weighted by Gasteiger charge is 2.25. The maximum atomic E-state index is 6.32. The molecule has 1 aliphatic rings. The van der Waals surface area contributed by atoms with Crippen LogP contribution >= 0.6 is 0 Å². The first-order valence-corrected chi connectivity index (χ1v) is 11.0. The van der Waals surface area contributed by atoms with Crippen molar-refractivity contribution in [2.75, 3.05) is 0 Å². The largest absolute Gasteiger partial charge is 0.446 e. The average molecular weight is 425 g/mol. The van der Waals surface area contributed by atoms with Crippen LogP contribution in [0.2, 0.25) is 0 Å². The average Bonchev–Trinajstić information content (AvgIpc) is 3.39. The zero-order chi connectivity index (χ0) is 21.8. The SMILES string of the molecule is c1ccc(C2NN=C(c3cc4c5ccccc5c5ncccc5c4c4ccccc34)O2)cc1. The maximum Gasteiger partial charge on any atom is 0.240 e. The first-order chi connectivity index (χ1) is 16.4. The van der Waals surface area contributed by atoms with Crippen LogP contribution in [0.3, 0.4) is 0 Å². The van der Waals surface area contributed by atoms with Crippen molar-refractivity contribution in [3.8, 4) is 0 Å². The molecule has 0 spiro atoms. The first-order valence-electron chi connectivity index (χ1n) is 11.0. The second-order valence-electron chi connectivity index (χ2n) is 8.29. The highest BCUT2D eigenvalue weighted by molar-refractivity contribution is 6.32. The van der Waals surface area contributed by atoms with Gasteiger partial charge in [-0.15, -0.1) is 5.10 Å². The Kier molecular flexibility index (Phi) is 3.87. The van der Waals surface area contributed by atoms with E-state index in [1.807, 2.05) is 42.6 Å². The molecule has 1 unspecified atom stereocenters. The summed E-state index contributed by atoms with van der Waals surface area (Å²) in [6.07, 6.45) is 1.57. The number of pyridine rings is 1. The minimum atomic E-state index is -0.298. The summed E-state index contributed by atoms with van der Waals surface area (Å²) in [4.78, 5) is 4.75. The quantitative estimate of drug-likeness (QED) is 0.315. The van der Waals surface area contributed by atoms with Gasteiger partial charge in [-0.05, 0) is 39.1 Å². The molecule has 0 radical (unpaired) electrons. The Balaban J connectivity index is 1.54. The third-order valence-electron chi connectivity index (χ3n) is 6.44. The molecule has 33 heavy (non-hydrogen) atoms. The van der Waals surface area contributed by atoms with Crippen molar-refractivity contribution in [3.05, 3.63) is 114 Å². The van der Waals surface area contributed by atoms with Gasteiger partial charge in [-0.2, -0.15) is 0 Å². The van der Waals surface area contributed by atoms with E-state index in [0.717, 1.165) is 32.8 Å². The van der Waals surface area contributed by atoms with E-state index < -0.39 is 0 Å². The number of hydrazone groups is 1. The van der Waals surface area contributed by atoms with Gasteiger partial charge >= 0.3 is 0 Å². The Hall–Kier alpha value is -4.44. The molecule has 6 aromatic rings. The molecule has 0 amide bonds. The lowest BCUT2D eigenvalue weighted by atomic mass is 9.90. The summed E-state index contributed by atoms with van der Waals surface area (Å²) >= 11 is 0. The fourth-order valence-corrected chi connectivity index (χ4v) is 4.98. The number of aromatic nitrogens is 1. The molecule has 0 aliphatic carbocycles. The fraction of sp³-hybridized carbons (Fsp3) is 0.0345. The summed E-state index contributed by atoms with van der Waals surface area (Å²) in [7, 11) is 0. The predicted molar refractivity (Wildman–Crippen MR) is 134 cm³/mol. The number of nitrogens with zero attached hydrogens (tertiary/aromatic N) is 2. The van der Waals surface area contributed by atoms with E-state index in [9.17, 15) is 0 Å². The highest BCUT2D eigenvalue weighted by atomic mass is 16.5. The lowest BCUT2D eigenvalue weighted by Gasteiger charge is -2.16. The second kappa shape index (κ2) is 7.04. The summed E-state index contributed by atoms with van der Waals surface area (Å²) in [6.45, 7) is 0. The standard InChI is InChI=1S/C29H19N3O/c1-2-9-18(10-3-1)28-31-32-29(33-28)25-17-24-20-12-5-7-14-22(20)27-23(15-8-16-30-27)26(24)21-13-6-4-11-19(21)25/h1-17,28,31H. The zero-order valence-corrected chi connectivity index (χ0v) is 17.7. The Morgan fingerprint density at radius 3 is 2.18 bits per heavy atom. The van der Waals surface area contributed by atoms with Crippen LogP contribution in [0.25, 0.3) is 43.2 Å². The van der Waals surface area contributed by atoms with Gasteiger partial charge in [0, 0.05) is 28.1 Å². The van der Waals surface area contributed by atoms with E-state index in [1.54, 1.807) is 0 Å². The van der Waals surface area contributed by atoms with Crippen LogP contribution in [0.4, 0.5) is 0 Å². The van der Waals surface area contributed by atoms with E-state index in [4.69, 9.17) is 9.72 Å². The van der Waals surface area contributed by atoms with Crippen LogP contribution in [0.15, 0.2) is 108 Å². The van der Waals surface area contributed by atoms with E-state index in [2.05, 4.69) is 71.2 Å². The molecule has 4 heteroatoms. The van der Waals surface area contributed by atoms with Crippen molar-refractivity contribution >= 4 is 49.1 Å². The molecule has 1 aromatic heterocycles. The molecule has 0 saturated heterocycles. The van der Waals surface area contributed by atoms with Gasteiger partial charge in [0.2, 0.25) is 12.1 Å². The highest BCUT2D eigenvalue weighted by Crippen LogP contribution is 2.40. The van der Waals surface area contributed by atoms with Crippen LogP contribution in [0.1, 0.15) is 17.4 Å². The number of fused-ring (bicyclic) bond motifs is 8. The van der Waals surface area contributed by atoms with Crippen LogP contribution in [0, 0.1) is 0 Å². The van der Waals surface area contributed by atoms with Gasteiger partial charge < -0.3 is 4.74 Å². The van der Waals surface area contributed by atoms with Gasteiger partial charge in [0.05, 0.1) is 5.52 Å². The Bertz CT molecular complexity index is 1720. The maximum absolute atomic E-state index is 6.32. The Labute approximate surface area is 190 Å². The molecule has 7 rings (SSSR count). The summed E-state index contributed by atoms with van der Waals surface area (Å²) in [5.41, 5.74) is 6.21. The molecule has 1 aliphatic heterocycles. The lowest BCUT2D eigenvalue weighted by Crippen LogP contribution is -2.12. The van der Waals surface area contributed by atoms with Gasteiger partial charge in [0.15, 0.2) is 0 Å². The molecular formula is C29H19N3O. The number of nitrogens with one attached hydrogen (secondary N) is 1. The summed E-state index contributed by atoms with van der Waals surface area (Å²) in [5, 5.41) is 12.7. The zero-order valence-electron chi connectivity index (χ0n) is 17.7. The molecule has 0 fully saturated rings. The summed E-state index contributed by atoms with van der Waals surface area (Å²) in [5.74, 6) is 0.609. The molecule has 5 aromatic carbocycles. The van der Waals surface area contributed by atoms with Gasteiger partial charge in [-0.1, -0.05) is 84.9 Å². The minimum absolute atomic E-state index is 0.298. The van der Waals surface area contributed by atoms with E-state index in [1.165, 1.54) is 21.5 Å². The topological polar surface area (TPSA) is 46.5 Å². The van der Waals surface area contributed by atoms with Crippen molar-refractivity contribution < 1.29 is 4.74 Å². The molecule has 0 bridgehead atoms. The number of ether oxygens (including phenoxy) is 1. The van der Waals surface area contributed by atoms with Gasteiger partial charge in [0.1, 0.15) is 0 Å². The van der Waals surface area contributed by atoms with E-state index in [0.29, 0.717) is 5.90 Å². The van der Waals surface area contributed by atoms with Crippen molar-refractivity contribution in [2.24, 2.45) is 5.10 Å². The smallest absolute Gasteiger partial charge is 0.240 e. The third-order valence-corrected chi connectivity index (χ3v) is 6.44. The van der Waals surface area contributed by atoms with Crippen molar-refractivity contribution in [3.63, 3.8) is 0 Å². The van der Waals surface area contributed by atoms with Gasteiger partial charge in [-0.3, -0.25) is 10.4 Å². The molecule has 156 valence electrons.